The Labute approximate surface area is 145 Å². The fourth-order valence-electron chi connectivity index (χ4n) is 3.14. The summed E-state index contributed by atoms with van der Waals surface area (Å²) in [7, 11) is 1.81. The molecule has 0 radical (unpaired) electrons. The van der Waals surface area contributed by atoms with E-state index in [1.807, 2.05) is 13.1 Å². The molecule has 134 valence electrons. The molecule has 4 nitrogen and oxygen atoms in total. The van der Waals surface area contributed by atoms with Gasteiger partial charge in [-0.2, -0.15) is 0 Å². The number of nitrogens with zero attached hydrogens (tertiary/aromatic N) is 2. The van der Waals surface area contributed by atoms with Crippen LogP contribution in [-0.4, -0.2) is 49.6 Å². The van der Waals surface area contributed by atoms with Gasteiger partial charge in [-0.15, -0.1) is 0 Å². The third kappa shape index (κ3) is 6.11. The second-order valence-corrected chi connectivity index (χ2v) is 6.78. The lowest BCUT2D eigenvalue weighted by Gasteiger charge is -2.35. The molecule has 1 heterocycles. The van der Waals surface area contributed by atoms with Crippen molar-refractivity contribution >= 4 is 5.96 Å². The molecule has 1 aromatic carbocycles. The van der Waals surface area contributed by atoms with Gasteiger partial charge in [-0.25, -0.2) is 4.39 Å². The first-order valence-electron chi connectivity index (χ1n) is 9.04. The summed E-state index contributed by atoms with van der Waals surface area (Å²) >= 11 is 0. The molecule has 2 N–H and O–H groups in total. The molecule has 0 spiro atoms. The zero-order valence-electron chi connectivity index (χ0n) is 15.2. The summed E-state index contributed by atoms with van der Waals surface area (Å²) in [6.45, 7) is 7.64. The van der Waals surface area contributed by atoms with Crippen molar-refractivity contribution in [1.82, 2.24) is 15.5 Å². The number of halogens is 1. The monoisotopic (exact) mass is 334 g/mol. The molecule has 1 aliphatic rings. The number of piperidine rings is 1. The van der Waals surface area contributed by atoms with E-state index in [4.69, 9.17) is 0 Å². The SMILES string of the molecule is CN=C(NCCCc1cccc(F)c1)NC1CCN(C(C)C)CC1. The standard InChI is InChI=1S/C19H31FN4/c1-15(2)24-12-9-18(10-13-24)23-19(21-3)22-11-5-7-16-6-4-8-17(20)14-16/h4,6,8,14-15,18H,5,7,9-13H2,1-3H3,(H2,21,22,23). The number of benzene rings is 1. The molecule has 0 unspecified atom stereocenters. The van der Waals surface area contributed by atoms with Gasteiger partial charge in [-0.1, -0.05) is 12.1 Å². The maximum Gasteiger partial charge on any atom is 0.191 e. The largest absolute Gasteiger partial charge is 0.356 e. The minimum atomic E-state index is -0.161. The summed E-state index contributed by atoms with van der Waals surface area (Å²) in [6, 6.07) is 7.95. The van der Waals surface area contributed by atoms with E-state index >= 15 is 0 Å². The van der Waals surface area contributed by atoms with Crippen molar-refractivity contribution in [2.75, 3.05) is 26.7 Å². The van der Waals surface area contributed by atoms with Crippen molar-refractivity contribution in [1.29, 1.82) is 0 Å². The molecule has 1 saturated heterocycles. The fourth-order valence-corrected chi connectivity index (χ4v) is 3.14. The van der Waals surface area contributed by atoms with Crippen LogP contribution < -0.4 is 10.6 Å². The molecule has 0 aliphatic carbocycles. The highest BCUT2D eigenvalue weighted by molar-refractivity contribution is 5.79. The number of likely N-dealkylation sites (tertiary alicyclic amines) is 1. The second kappa shape index (κ2) is 9.62. The zero-order chi connectivity index (χ0) is 17.4. The number of hydrogen-bond donors (Lipinski definition) is 2. The van der Waals surface area contributed by atoms with Crippen molar-refractivity contribution < 1.29 is 4.39 Å². The van der Waals surface area contributed by atoms with Gasteiger partial charge in [0.15, 0.2) is 5.96 Å². The summed E-state index contributed by atoms with van der Waals surface area (Å²) in [5.41, 5.74) is 1.04. The van der Waals surface area contributed by atoms with Gasteiger partial charge in [0, 0.05) is 38.8 Å². The molecule has 1 aromatic rings. The first kappa shape index (κ1) is 18.7. The van der Waals surface area contributed by atoms with E-state index in [1.54, 1.807) is 12.1 Å². The summed E-state index contributed by atoms with van der Waals surface area (Å²) in [5.74, 6) is 0.711. The van der Waals surface area contributed by atoms with E-state index < -0.39 is 0 Å². The van der Waals surface area contributed by atoms with Gasteiger partial charge in [0.05, 0.1) is 0 Å². The molecule has 0 saturated carbocycles. The van der Waals surface area contributed by atoms with Gasteiger partial charge in [-0.05, 0) is 57.2 Å². The Hall–Kier alpha value is -1.62. The van der Waals surface area contributed by atoms with E-state index in [0.717, 1.165) is 56.8 Å². The third-order valence-corrected chi connectivity index (χ3v) is 4.65. The summed E-state index contributed by atoms with van der Waals surface area (Å²) in [5, 5.41) is 6.89. The van der Waals surface area contributed by atoms with Crippen molar-refractivity contribution in [3.63, 3.8) is 0 Å². The molecule has 0 atom stereocenters. The van der Waals surface area contributed by atoms with Crippen LogP contribution in [0, 0.1) is 5.82 Å². The lowest BCUT2D eigenvalue weighted by Crippen LogP contribution is -2.50. The van der Waals surface area contributed by atoms with Gasteiger partial charge in [0.2, 0.25) is 0 Å². The van der Waals surface area contributed by atoms with Gasteiger partial charge >= 0.3 is 0 Å². The molecule has 5 heteroatoms. The average molecular weight is 334 g/mol. The van der Waals surface area contributed by atoms with Crippen LogP contribution in [0.15, 0.2) is 29.3 Å². The van der Waals surface area contributed by atoms with Crippen LogP contribution in [0.3, 0.4) is 0 Å². The Bertz CT molecular complexity index is 522. The predicted molar refractivity (Wildman–Crippen MR) is 98.9 cm³/mol. The Morgan fingerprint density at radius 3 is 2.71 bits per heavy atom. The Balaban J connectivity index is 1.66. The maximum atomic E-state index is 13.1. The number of hydrogen-bond acceptors (Lipinski definition) is 2. The molecular formula is C19H31FN4. The minimum absolute atomic E-state index is 0.161. The molecule has 1 aliphatic heterocycles. The Morgan fingerprint density at radius 1 is 1.33 bits per heavy atom. The summed E-state index contributed by atoms with van der Waals surface area (Å²) < 4.78 is 13.1. The van der Waals surface area contributed by atoms with Crippen LogP contribution in [0.2, 0.25) is 0 Å². The minimum Gasteiger partial charge on any atom is -0.356 e. The van der Waals surface area contributed by atoms with Crippen molar-refractivity contribution in [3.8, 4) is 0 Å². The molecule has 1 fully saturated rings. The molecule has 0 amide bonds. The lowest BCUT2D eigenvalue weighted by atomic mass is 10.0. The van der Waals surface area contributed by atoms with Crippen LogP contribution in [-0.2, 0) is 6.42 Å². The van der Waals surface area contributed by atoms with E-state index in [1.165, 1.54) is 6.07 Å². The highest BCUT2D eigenvalue weighted by atomic mass is 19.1. The smallest absolute Gasteiger partial charge is 0.191 e. The van der Waals surface area contributed by atoms with Gasteiger partial charge in [0.1, 0.15) is 5.82 Å². The quantitative estimate of drug-likeness (QED) is 0.477. The van der Waals surface area contributed by atoms with Crippen molar-refractivity contribution in [3.05, 3.63) is 35.6 Å². The number of aryl methyl sites for hydroxylation is 1. The van der Waals surface area contributed by atoms with Crippen molar-refractivity contribution in [2.45, 2.75) is 51.6 Å². The predicted octanol–water partition coefficient (Wildman–Crippen LogP) is 2.80. The molecular weight excluding hydrogens is 303 g/mol. The topological polar surface area (TPSA) is 39.7 Å². The molecule has 2 rings (SSSR count). The zero-order valence-corrected chi connectivity index (χ0v) is 15.2. The Morgan fingerprint density at radius 2 is 2.08 bits per heavy atom. The van der Waals surface area contributed by atoms with Gasteiger partial charge < -0.3 is 15.5 Å². The van der Waals surface area contributed by atoms with Crippen LogP contribution in [0.25, 0.3) is 0 Å². The van der Waals surface area contributed by atoms with Crippen LogP contribution >= 0.6 is 0 Å². The summed E-state index contributed by atoms with van der Waals surface area (Å²) in [4.78, 5) is 6.84. The average Bonchev–Trinajstić information content (AvgIpc) is 2.58. The molecule has 0 bridgehead atoms. The van der Waals surface area contributed by atoms with Crippen LogP contribution in [0.5, 0.6) is 0 Å². The van der Waals surface area contributed by atoms with Gasteiger partial charge in [0.25, 0.3) is 0 Å². The highest BCUT2D eigenvalue weighted by Gasteiger charge is 2.21. The van der Waals surface area contributed by atoms with Crippen LogP contribution in [0.4, 0.5) is 4.39 Å². The van der Waals surface area contributed by atoms with Crippen LogP contribution in [0.1, 0.15) is 38.7 Å². The normalized spacial score (nSPS) is 17.3. The van der Waals surface area contributed by atoms with Gasteiger partial charge in [-0.3, -0.25) is 4.99 Å². The van der Waals surface area contributed by atoms with E-state index in [0.29, 0.717) is 12.1 Å². The maximum absolute atomic E-state index is 13.1. The number of aliphatic imine (C=N–C) groups is 1. The number of guanidine groups is 1. The lowest BCUT2D eigenvalue weighted by molar-refractivity contribution is 0.167. The van der Waals surface area contributed by atoms with Crippen molar-refractivity contribution in [2.24, 2.45) is 4.99 Å². The number of nitrogens with one attached hydrogen (secondary N) is 2. The third-order valence-electron chi connectivity index (χ3n) is 4.65. The fraction of sp³-hybridized carbons (Fsp3) is 0.632. The van der Waals surface area contributed by atoms with E-state index in [9.17, 15) is 4.39 Å². The number of rotatable bonds is 6. The van der Waals surface area contributed by atoms with E-state index in [2.05, 4.69) is 34.4 Å². The molecule has 24 heavy (non-hydrogen) atoms. The summed E-state index contributed by atoms with van der Waals surface area (Å²) in [6.07, 6.45) is 4.13. The highest BCUT2D eigenvalue weighted by Crippen LogP contribution is 2.12. The second-order valence-electron chi connectivity index (χ2n) is 6.78. The first-order valence-corrected chi connectivity index (χ1v) is 9.04. The Kier molecular flexibility index (Phi) is 7.50. The molecule has 0 aromatic heterocycles. The first-order chi connectivity index (χ1) is 11.6. The van der Waals surface area contributed by atoms with E-state index in [-0.39, 0.29) is 5.82 Å².